The third-order valence-corrected chi connectivity index (χ3v) is 4.94. The van der Waals surface area contributed by atoms with Gasteiger partial charge in [0.15, 0.2) is 0 Å². The molecule has 5 heteroatoms. The van der Waals surface area contributed by atoms with E-state index in [1.54, 1.807) is 30.6 Å². The van der Waals surface area contributed by atoms with E-state index >= 15 is 0 Å². The average Bonchev–Trinajstić information content (AvgIpc) is 2.66. The Hall–Kier alpha value is -2.27. The first-order valence-electron chi connectivity index (χ1n) is 8.28. The van der Waals surface area contributed by atoms with Crippen LogP contribution < -0.4 is 5.32 Å². The fourth-order valence-corrected chi connectivity index (χ4v) is 3.36. The van der Waals surface area contributed by atoms with E-state index in [1.807, 2.05) is 60.7 Å². The molecule has 0 aliphatic rings. The minimum atomic E-state index is -0.505. The van der Waals surface area contributed by atoms with Crippen LogP contribution in [0.15, 0.2) is 60.7 Å². The summed E-state index contributed by atoms with van der Waals surface area (Å²) < 4.78 is 0. The van der Waals surface area contributed by atoms with E-state index in [2.05, 4.69) is 5.32 Å². The van der Waals surface area contributed by atoms with Crippen molar-refractivity contribution in [1.29, 1.82) is 0 Å². The van der Waals surface area contributed by atoms with E-state index in [-0.39, 0.29) is 11.8 Å². The van der Waals surface area contributed by atoms with E-state index in [0.29, 0.717) is 12.3 Å². The molecular weight excluding hydrogens is 332 g/mol. The lowest BCUT2D eigenvalue weighted by Crippen LogP contribution is -2.47. The number of likely N-dealkylation sites (N-methyl/N-ethyl adjacent to an activating group) is 1. The van der Waals surface area contributed by atoms with Crippen LogP contribution in [0.1, 0.15) is 18.1 Å². The molecule has 0 fully saturated rings. The first kappa shape index (κ1) is 19.1. The highest BCUT2D eigenvalue weighted by atomic mass is 32.2. The van der Waals surface area contributed by atoms with Crippen LogP contribution in [0, 0.1) is 0 Å². The lowest BCUT2D eigenvalue weighted by Gasteiger charge is -2.28. The van der Waals surface area contributed by atoms with Gasteiger partial charge in [0.2, 0.25) is 11.8 Å². The summed E-state index contributed by atoms with van der Waals surface area (Å²) in [5, 5.41) is 2.63. The topological polar surface area (TPSA) is 49.4 Å². The van der Waals surface area contributed by atoms with Gasteiger partial charge in [-0.25, -0.2) is 0 Å². The number of carbonyl (C=O) groups excluding carboxylic acids is 2. The monoisotopic (exact) mass is 356 g/mol. The number of hydrogen-bond acceptors (Lipinski definition) is 3. The van der Waals surface area contributed by atoms with Gasteiger partial charge in [-0.15, -0.1) is 11.8 Å². The van der Waals surface area contributed by atoms with Gasteiger partial charge in [-0.1, -0.05) is 60.7 Å². The summed E-state index contributed by atoms with van der Waals surface area (Å²) in [4.78, 5) is 26.4. The molecule has 2 aromatic rings. The lowest BCUT2D eigenvalue weighted by atomic mass is 10.1. The molecule has 4 nitrogen and oxygen atoms in total. The van der Waals surface area contributed by atoms with E-state index in [4.69, 9.17) is 0 Å². The fourth-order valence-electron chi connectivity index (χ4n) is 2.48. The molecule has 1 atom stereocenters. The molecule has 2 rings (SSSR count). The van der Waals surface area contributed by atoms with Gasteiger partial charge in [-0.05, 0) is 18.1 Å². The minimum Gasteiger partial charge on any atom is -0.357 e. The molecule has 25 heavy (non-hydrogen) atoms. The van der Waals surface area contributed by atoms with Crippen molar-refractivity contribution < 1.29 is 9.59 Å². The second-order valence-corrected chi connectivity index (χ2v) is 6.76. The van der Waals surface area contributed by atoms with Crippen LogP contribution >= 0.6 is 11.8 Å². The first-order valence-corrected chi connectivity index (χ1v) is 9.44. The van der Waals surface area contributed by atoms with Crippen molar-refractivity contribution in [1.82, 2.24) is 10.2 Å². The van der Waals surface area contributed by atoms with Crippen molar-refractivity contribution >= 4 is 23.6 Å². The van der Waals surface area contributed by atoms with Gasteiger partial charge < -0.3 is 10.2 Å². The molecule has 0 unspecified atom stereocenters. The van der Waals surface area contributed by atoms with E-state index in [1.165, 1.54) is 5.56 Å². The van der Waals surface area contributed by atoms with Crippen LogP contribution in [0.3, 0.4) is 0 Å². The maximum absolute atomic E-state index is 12.7. The van der Waals surface area contributed by atoms with Gasteiger partial charge in [0.25, 0.3) is 0 Å². The van der Waals surface area contributed by atoms with Gasteiger partial charge in [0, 0.05) is 19.3 Å². The van der Waals surface area contributed by atoms with Crippen LogP contribution in [0.25, 0.3) is 0 Å². The fraction of sp³-hybridized carbons (Fsp3) is 0.300. The van der Waals surface area contributed by atoms with Gasteiger partial charge in [-0.2, -0.15) is 0 Å². The second kappa shape index (κ2) is 9.89. The number of thioether (sulfide) groups is 1. The van der Waals surface area contributed by atoms with E-state index in [0.717, 1.165) is 11.3 Å². The molecule has 2 amide bonds. The predicted octanol–water partition coefficient (Wildman–Crippen LogP) is 3.08. The molecule has 0 aromatic heterocycles. The SMILES string of the molecule is CNC(=O)[C@H](C)N(Cc1ccccc1)C(=O)CSCc1ccccc1. The highest BCUT2D eigenvalue weighted by molar-refractivity contribution is 7.99. The van der Waals surface area contributed by atoms with Crippen LogP contribution in [-0.4, -0.2) is 35.6 Å². The average molecular weight is 356 g/mol. The van der Waals surface area contributed by atoms with Crippen molar-refractivity contribution in [3.8, 4) is 0 Å². The Labute approximate surface area is 153 Å². The van der Waals surface area contributed by atoms with Crippen molar-refractivity contribution in [2.24, 2.45) is 0 Å². The third kappa shape index (κ3) is 5.94. The Morgan fingerprint density at radius 3 is 2.12 bits per heavy atom. The minimum absolute atomic E-state index is 0.0270. The highest BCUT2D eigenvalue weighted by Crippen LogP contribution is 2.15. The number of amides is 2. The standard InChI is InChI=1S/C20H24N2O2S/c1-16(20(24)21-2)22(13-17-9-5-3-6-10-17)19(23)15-25-14-18-11-7-4-8-12-18/h3-12,16H,13-15H2,1-2H3,(H,21,24)/t16-/m0/s1. The summed E-state index contributed by atoms with van der Waals surface area (Å²) in [5.74, 6) is 0.946. The van der Waals surface area contributed by atoms with Gasteiger partial charge in [0.05, 0.1) is 5.75 Å². The molecule has 0 aliphatic carbocycles. The molecule has 1 N–H and O–H groups in total. The number of nitrogens with zero attached hydrogens (tertiary/aromatic N) is 1. The van der Waals surface area contributed by atoms with E-state index in [9.17, 15) is 9.59 Å². The molecule has 0 spiro atoms. The van der Waals surface area contributed by atoms with Gasteiger partial charge in [0.1, 0.15) is 6.04 Å². The Morgan fingerprint density at radius 2 is 1.56 bits per heavy atom. The van der Waals surface area contributed by atoms with Crippen molar-refractivity contribution in [2.75, 3.05) is 12.8 Å². The van der Waals surface area contributed by atoms with Crippen LogP contribution in [0.5, 0.6) is 0 Å². The van der Waals surface area contributed by atoms with Crippen LogP contribution in [0.4, 0.5) is 0 Å². The summed E-state index contributed by atoms with van der Waals surface area (Å²) in [6, 6.07) is 19.3. The number of nitrogens with one attached hydrogen (secondary N) is 1. The third-order valence-electron chi connectivity index (χ3n) is 3.95. The molecule has 2 aromatic carbocycles. The number of hydrogen-bond donors (Lipinski definition) is 1. The summed E-state index contributed by atoms with van der Waals surface area (Å²) in [6.45, 7) is 2.20. The molecule has 0 saturated carbocycles. The Bertz CT molecular complexity index is 677. The number of benzene rings is 2. The van der Waals surface area contributed by atoms with Crippen LogP contribution in [-0.2, 0) is 21.9 Å². The van der Waals surface area contributed by atoms with Crippen molar-refractivity contribution in [3.63, 3.8) is 0 Å². The van der Waals surface area contributed by atoms with Crippen molar-refractivity contribution in [2.45, 2.75) is 25.3 Å². The summed E-state index contributed by atoms with van der Waals surface area (Å²) in [7, 11) is 1.59. The molecule has 0 aliphatic heterocycles. The molecule has 132 valence electrons. The quantitative estimate of drug-likeness (QED) is 0.791. The Morgan fingerprint density at radius 1 is 1.00 bits per heavy atom. The largest absolute Gasteiger partial charge is 0.357 e. The van der Waals surface area contributed by atoms with Gasteiger partial charge >= 0.3 is 0 Å². The van der Waals surface area contributed by atoms with Gasteiger partial charge in [-0.3, -0.25) is 9.59 Å². The molecular formula is C20H24N2O2S. The molecule has 0 bridgehead atoms. The zero-order valence-corrected chi connectivity index (χ0v) is 15.5. The molecule has 0 heterocycles. The first-order chi connectivity index (χ1) is 12.1. The summed E-state index contributed by atoms with van der Waals surface area (Å²) in [6.07, 6.45) is 0. The summed E-state index contributed by atoms with van der Waals surface area (Å²) >= 11 is 1.57. The van der Waals surface area contributed by atoms with Crippen molar-refractivity contribution in [3.05, 3.63) is 71.8 Å². The Kier molecular flexibility index (Phi) is 7.54. The second-order valence-electron chi connectivity index (χ2n) is 5.78. The van der Waals surface area contributed by atoms with Crippen LogP contribution in [0.2, 0.25) is 0 Å². The normalized spacial score (nSPS) is 11.6. The summed E-state index contributed by atoms with van der Waals surface area (Å²) in [5.41, 5.74) is 2.20. The smallest absolute Gasteiger partial charge is 0.242 e. The predicted molar refractivity (Wildman–Crippen MR) is 103 cm³/mol. The number of carbonyl (C=O) groups is 2. The lowest BCUT2D eigenvalue weighted by molar-refractivity contribution is -0.138. The molecule has 0 saturated heterocycles. The number of rotatable bonds is 8. The zero-order valence-electron chi connectivity index (χ0n) is 14.6. The zero-order chi connectivity index (χ0) is 18.1. The van der Waals surface area contributed by atoms with E-state index < -0.39 is 6.04 Å². The molecule has 0 radical (unpaired) electrons. The highest BCUT2D eigenvalue weighted by Gasteiger charge is 2.25. The maximum Gasteiger partial charge on any atom is 0.242 e. The maximum atomic E-state index is 12.7. The Balaban J connectivity index is 2.00.